The maximum absolute atomic E-state index is 12.5. The molecule has 1 aromatic carbocycles. The molecular formula is C13H20BrNO2S. The van der Waals surface area contributed by atoms with E-state index in [1.165, 1.54) is 0 Å². The molecule has 0 bridgehead atoms. The molecule has 0 saturated carbocycles. The van der Waals surface area contributed by atoms with Crippen molar-refractivity contribution < 1.29 is 8.42 Å². The average molecular weight is 334 g/mol. The van der Waals surface area contributed by atoms with E-state index in [9.17, 15) is 8.42 Å². The molecule has 102 valence electrons. The summed E-state index contributed by atoms with van der Waals surface area (Å²) in [6, 6.07) is 5.16. The van der Waals surface area contributed by atoms with Crippen LogP contribution in [-0.2, 0) is 10.0 Å². The van der Waals surface area contributed by atoms with Crippen LogP contribution >= 0.6 is 15.9 Å². The minimum absolute atomic E-state index is 0.0175. The number of hydrogen-bond acceptors (Lipinski definition) is 2. The number of nitrogens with zero attached hydrogens (tertiary/aromatic N) is 1. The van der Waals surface area contributed by atoms with Crippen molar-refractivity contribution in [3.8, 4) is 0 Å². The van der Waals surface area contributed by atoms with Gasteiger partial charge in [-0.2, -0.15) is 4.31 Å². The molecule has 0 heterocycles. The minimum Gasteiger partial charge on any atom is -0.207 e. The van der Waals surface area contributed by atoms with Gasteiger partial charge in [0.25, 0.3) is 0 Å². The highest BCUT2D eigenvalue weighted by atomic mass is 79.9. The van der Waals surface area contributed by atoms with Crippen LogP contribution in [0.15, 0.2) is 27.6 Å². The highest BCUT2D eigenvalue weighted by molar-refractivity contribution is 9.10. The standard InChI is InChI=1S/C13H20BrNO2S/c1-5-11(4)15(6-2)18(16,17)12-7-8-13(14)10(3)9-12/h7-9,11H,5-6H2,1-4H3. The van der Waals surface area contributed by atoms with Crippen molar-refractivity contribution in [1.82, 2.24) is 4.31 Å². The maximum atomic E-state index is 12.5. The first-order chi connectivity index (χ1) is 8.34. The van der Waals surface area contributed by atoms with Crippen LogP contribution < -0.4 is 0 Å². The number of benzene rings is 1. The molecule has 1 rings (SSSR count). The molecule has 1 unspecified atom stereocenters. The second-order valence-electron chi connectivity index (χ2n) is 4.38. The van der Waals surface area contributed by atoms with Gasteiger partial charge in [-0.15, -0.1) is 0 Å². The third-order valence-electron chi connectivity index (χ3n) is 3.13. The number of halogens is 1. The summed E-state index contributed by atoms with van der Waals surface area (Å²) in [6.45, 7) is 8.19. The van der Waals surface area contributed by atoms with Crippen molar-refractivity contribution in [2.24, 2.45) is 0 Å². The molecule has 0 radical (unpaired) electrons. The zero-order valence-electron chi connectivity index (χ0n) is 11.3. The molecule has 0 N–H and O–H groups in total. The molecule has 3 nitrogen and oxygen atoms in total. The van der Waals surface area contributed by atoms with Gasteiger partial charge in [0.05, 0.1) is 4.90 Å². The lowest BCUT2D eigenvalue weighted by atomic mass is 10.2. The molecule has 1 aromatic rings. The second-order valence-corrected chi connectivity index (χ2v) is 7.12. The van der Waals surface area contributed by atoms with E-state index in [0.29, 0.717) is 11.4 Å². The average Bonchev–Trinajstić information content (AvgIpc) is 2.32. The Kier molecular flexibility index (Phi) is 5.37. The maximum Gasteiger partial charge on any atom is 0.243 e. The summed E-state index contributed by atoms with van der Waals surface area (Å²) in [6.07, 6.45) is 0.808. The number of aryl methyl sites for hydroxylation is 1. The predicted molar refractivity (Wildman–Crippen MR) is 78.2 cm³/mol. The smallest absolute Gasteiger partial charge is 0.207 e. The van der Waals surface area contributed by atoms with Gasteiger partial charge in [-0.1, -0.05) is 29.8 Å². The van der Waals surface area contributed by atoms with Crippen molar-refractivity contribution in [3.63, 3.8) is 0 Å². The summed E-state index contributed by atoms with van der Waals surface area (Å²) in [7, 11) is -3.39. The fourth-order valence-corrected chi connectivity index (χ4v) is 3.88. The number of sulfonamides is 1. The predicted octanol–water partition coefficient (Wildman–Crippen LogP) is 3.57. The van der Waals surface area contributed by atoms with Crippen LogP contribution in [0.4, 0.5) is 0 Å². The molecule has 0 fully saturated rings. The van der Waals surface area contributed by atoms with Crippen molar-refractivity contribution in [2.75, 3.05) is 6.54 Å². The van der Waals surface area contributed by atoms with Crippen LogP contribution in [0.25, 0.3) is 0 Å². The summed E-state index contributed by atoms with van der Waals surface area (Å²) < 4.78 is 27.6. The summed E-state index contributed by atoms with van der Waals surface area (Å²) in [5.74, 6) is 0. The van der Waals surface area contributed by atoms with Crippen molar-refractivity contribution in [1.29, 1.82) is 0 Å². The third-order valence-corrected chi connectivity index (χ3v) is 6.11. The fraction of sp³-hybridized carbons (Fsp3) is 0.538. The van der Waals surface area contributed by atoms with Crippen molar-refractivity contribution >= 4 is 26.0 Å². The van der Waals surface area contributed by atoms with Gasteiger partial charge in [-0.3, -0.25) is 0 Å². The summed E-state index contributed by atoms with van der Waals surface area (Å²) in [5, 5.41) is 0. The van der Waals surface area contributed by atoms with Crippen LogP contribution in [0.2, 0.25) is 0 Å². The van der Waals surface area contributed by atoms with Crippen LogP contribution in [0.1, 0.15) is 32.8 Å². The van der Waals surface area contributed by atoms with Crippen LogP contribution in [0.3, 0.4) is 0 Å². The van der Waals surface area contributed by atoms with Gasteiger partial charge in [-0.25, -0.2) is 8.42 Å². The molecule has 18 heavy (non-hydrogen) atoms. The molecule has 0 aliphatic rings. The zero-order chi connectivity index (χ0) is 13.9. The van der Waals surface area contributed by atoms with E-state index >= 15 is 0 Å². The lowest BCUT2D eigenvalue weighted by Crippen LogP contribution is -2.38. The Hall–Kier alpha value is -0.390. The van der Waals surface area contributed by atoms with Crippen LogP contribution in [0, 0.1) is 6.92 Å². The Morgan fingerprint density at radius 1 is 1.33 bits per heavy atom. The lowest BCUT2D eigenvalue weighted by molar-refractivity contribution is 0.342. The monoisotopic (exact) mass is 333 g/mol. The van der Waals surface area contributed by atoms with E-state index in [4.69, 9.17) is 0 Å². The molecule has 0 spiro atoms. The largest absolute Gasteiger partial charge is 0.243 e. The molecular weight excluding hydrogens is 314 g/mol. The summed E-state index contributed by atoms with van der Waals surface area (Å²) in [5.41, 5.74) is 0.927. The van der Waals surface area contributed by atoms with Gasteiger partial charge in [0, 0.05) is 17.1 Å². The first-order valence-electron chi connectivity index (χ1n) is 6.12. The van der Waals surface area contributed by atoms with Gasteiger partial charge >= 0.3 is 0 Å². The summed E-state index contributed by atoms with van der Waals surface area (Å²) in [4.78, 5) is 0.366. The molecule has 1 atom stereocenters. The Morgan fingerprint density at radius 2 is 1.94 bits per heavy atom. The molecule has 0 aliphatic carbocycles. The van der Waals surface area contributed by atoms with Gasteiger partial charge in [0.2, 0.25) is 10.0 Å². The van der Waals surface area contributed by atoms with Crippen molar-refractivity contribution in [2.45, 2.75) is 45.1 Å². The first-order valence-corrected chi connectivity index (χ1v) is 8.35. The second kappa shape index (κ2) is 6.17. The fourth-order valence-electron chi connectivity index (χ4n) is 1.84. The zero-order valence-corrected chi connectivity index (χ0v) is 13.7. The van der Waals surface area contributed by atoms with E-state index in [1.54, 1.807) is 22.5 Å². The van der Waals surface area contributed by atoms with E-state index < -0.39 is 10.0 Å². The molecule has 0 saturated heterocycles. The van der Waals surface area contributed by atoms with Gasteiger partial charge in [0.15, 0.2) is 0 Å². The van der Waals surface area contributed by atoms with Crippen molar-refractivity contribution in [3.05, 3.63) is 28.2 Å². The minimum atomic E-state index is -3.39. The van der Waals surface area contributed by atoms with E-state index in [2.05, 4.69) is 15.9 Å². The quantitative estimate of drug-likeness (QED) is 0.826. The molecule has 0 amide bonds. The Labute approximate surface area is 118 Å². The third kappa shape index (κ3) is 3.13. The van der Waals surface area contributed by atoms with Gasteiger partial charge < -0.3 is 0 Å². The first kappa shape index (κ1) is 15.7. The van der Waals surface area contributed by atoms with Gasteiger partial charge in [0.1, 0.15) is 0 Å². The number of rotatable bonds is 5. The van der Waals surface area contributed by atoms with E-state index in [1.807, 2.05) is 27.7 Å². The summed E-state index contributed by atoms with van der Waals surface area (Å²) >= 11 is 3.38. The van der Waals surface area contributed by atoms with Crippen LogP contribution in [-0.4, -0.2) is 25.3 Å². The molecule has 5 heteroatoms. The SMILES string of the molecule is CCC(C)N(CC)S(=O)(=O)c1ccc(Br)c(C)c1. The number of hydrogen-bond donors (Lipinski definition) is 0. The van der Waals surface area contributed by atoms with E-state index in [0.717, 1.165) is 16.5 Å². The highest BCUT2D eigenvalue weighted by Gasteiger charge is 2.26. The topological polar surface area (TPSA) is 37.4 Å². The van der Waals surface area contributed by atoms with Gasteiger partial charge in [-0.05, 0) is 44.0 Å². The Bertz CT molecular complexity index is 514. The molecule has 0 aromatic heterocycles. The van der Waals surface area contributed by atoms with E-state index in [-0.39, 0.29) is 6.04 Å². The highest BCUT2D eigenvalue weighted by Crippen LogP contribution is 2.24. The normalized spacial score (nSPS) is 13.9. The Balaban J connectivity index is 3.23. The Morgan fingerprint density at radius 3 is 2.39 bits per heavy atom. The lowest BCUT2D eigenvalue weighted by Gasteiger charge is -2.26. The van der Waals surface area contributed by atoms with Crippen LogP contribution in [0.5, 0.6) is 0 Å². The molecule has 0 aliphatic heterocycles.